The Morgan fingerprint density at radius 1 is 1.33 bits per heavy atom. The minimum absolute atomic E-state index is 0.00437. The van der Waals surface area contributed by atoms with Crippen molar-refractivity contribution in [3.63, 3.8) is 0 Å². The van der Waals surface area contributed by atoms with E-state index in [4.69, 9.17) is 0 Å². The van der Waals surface area contributed by atoms with Gasteiger partial charge in [-0.1, -0.05) is 13.8 Å². The zero-order valence-electron chi connectivity index (χ0n) is 11.5. The number of carbonyl (C=O) groups is 1. The highest BCUT2D eigenvalue weighted by atomic mass is 16.1. The molecule has 18 heavy (non-hydrogen) atoms. The Labute approximate surface area is 109 Å². The SMILES string of the molecule is CC(C)C(=O)c1cc2c(cn1)CN(C(C)C)C=C2. The van der Waals surface area contributed by atoms with E-state index in [1.54, 1.807) is 0 Å². The van der Waals surface area contributed by atoms with Crippen LogP contribution in [-0.4, -0.2) is 21.7 Å². The highest BCUT2D eigenvalue weighted by Crippen LogP contribution is 2.22. The zero-order valence-corrected chi connectivity index (χ0v) is 11.5. The van der Waals surface area contributed by atoms with Gasteiger partial charge in [0.2, 0.25) is 0 Å². The monoisotopic (exact) mass is 244 g/mol. The summed E-state index contributed by atoms with van der Waals surface area (Å²) in [6.07, 6.45) is 6.00. The number of carbonyl (C=O) groups excluding carboxylic acids is 1. The summed E-state index contributed by atoms with van der Waals surface area (Å²) in [6, 6.07) is 2.39. The Balaban J connectivity index is 2.29. The van der Waals surface area contributed by atoms with Crippen LogP contribution in [0.25, 0.3) is 6.08 Å². The number of Topliss-reactive ketones (excluding diaryl/α,β-unsaturated/α-hetero) is 1. The third-order valence-corrected chi connectivity index (χ3v) is 3.26. The lowest BCUT2D eigenvalue weighted by Crippen LogP contribution is -2.27. The Hall–Kier alpha value is -1.64. The number of aromatic nitrogens is 1. The second-order valence-electron chi connectivity index (χ2n) is 5.37. The Morgan fingerprint density at radius 3 is 2.67 bits per heavy atom. The molecule has 0 amide bonds. The molecule has 1 aliphatic heterocycles. The average molecular weight is 244 g/mol. The fraction of sp³-hybridized carbons (Fsp3) is 0.467. The summed E-state index contributed by atoms with van der Waals surface area (Å²) in [7, 11) is 0. The molecule has 2 rings (SSSR count). The maximum atomic E-state index is 11.9. The molecule has 1 aromatic rings. The van der Waals surface area contributed by atoms with Gasteiger partial charge in [0.25, 0.3) is 0 Å². The standard InChI is InChI=1S/C15H20N2O/c1-10(2)15(18)14-7-12-5-6-17(11(3)4)9-13(12)8-16-14/h5-8,10-11H,9H2,1-4H3. The molecule has 0 unspecified atom stereocenters. The number of hydrogen-bond acceptors (Lipinski definition) is 3. The van der Waals surface area contributed by atoms with Crippen molar-refractivity contribution in [2.45, 2.75) is 40.3 Å². The highest BCUT2D eigenvalue weighted by molar-refractivity contribution is 5.96. The molecule has 0 aliphatic carbocycles. The number of pyridine rings is 1. The smallest absolute Gasteiger partial charge is 0.183 e. The number of ketones is 1. The Kier molecular flexibility index (Phi) is 3.50. The fourth-order valence-electron chi connectivity index (χ4n) is 2.00. The quantitative estimate of drug-likeness (QED) is 0.766. The molecule has 0 atom stereocenters. The molecule has 3 heteroatoms. The van der Waals surface area contributed by atoms with E-state index in [0.717, 1.165) is 12.1 Å². The summed E-state index contributed by atoms with van der Waals surface area (Å²) in [5.74, 6) is 0.104. The molecule has 1 aliphatic rings. The predicted octanol–water partition coefficient (Wildman–Crippen LogP) is 3.12. The Bertz CT molecular complexity index is 489. The molecule has 0 bridgehead atoms. The molecule has 96 valence electrons. The van der Waals surface area contributed by atoms with Crippen LogP contribution >= 0.6 is 0 Å². The minimum Gasteiger partial charge on any atom is -0.371 e. The highest BCUT2D eigenvalue weighted by Gasteiger charge is 2.17. The van der Waals surface area contributed by atoms with E-state index < -0.39 is 0 Å². The van der Waals surface area contributed by atoms with Gasteiger partial charge in [-0.25, -0.2) is 0 Å². The van der Waals surface area contributed by atoms with E-state index >= 15 is 0 Å². The maximum absolute atomic E-state index is 11.9. The van der Waals surface area contributed by atoms with Crippen LogP contribution in [0.2, 0.25) is 0 Å². The molecule has 0 radical (unpaired) electrons. The normalized spacial score (nSPS) is 14.2. The number of rotatable bonds is 3. The van der Waals surface area contributed by atoms with Crippen LogP contribution in [0.5, 0.6) is 0 Å². The van der Waals surface area contributed by atoms with Crippen molar-refractivity contribution < 1.29 is 4.79 Å². The van der Waals surface area contributed by atoms with Crippen molar-refractivity contribution in [2.75, 3.05) is 0 Å². The van der Waals surface area contributed by atoms with E-state index in [2.05, 4.69) is 36.0 Å². The topological polar surface area (TPSA) is 33.2 Å². The second-order valence-corrected chi connectivity index (χ2v) is 5.37. The van der Waals surface area contributed by atoms with Crippen LogP contribution in [-0.2, 0) is 6.54 Å². The molecular formula is C15H20N2O. The van der Waals surface area contributed by atoms with Gasteiger partial charge in [-0.2, -0.15) is 0 Å². The van der Waals surface area contributed by atoms with E-state index in [1.807, 2.05) is 26.1 Å². The molecule has 3 nitrogen and oxygen atoms in total. The molecule has 2 heterocycles. The van der Waals surface area contributed by atoms with Crippen LogP contribution in [0, 0.1) is 5.92 Å². The summed E-state index contributed by atoms with van der Waals surface area (Å²) >= 11 is 0. The van der Waals surface area contributed by atoms with E-state index in [9.17, 15) is 4.79 Å². The third kappa shape index (κ3) is 2.45. The van der Waals surface area contributed by atoms with Gasteiger partial charge in [0.1, 0.15) is 5.69 Å². The summed E-state index contributed by atoms with van der Waals surface area (Å²) in [4.78, 5) is 18.5. The number of fused-ring (bicyclic) bond motifs is 1. The van der Waals surface area contributed by atoms with Crippen LogP contribution in [0.15, 0.2) is 18.5 Å². The van der Waals surface area contributed by atoms with Crippen molar-refractivity contribution in [3.8, 4) is 0 Å². The first-order valence-corrected chi connectivity index (χ1v) is 6.46. The second kappa shape index (κ2) is 4.92. The van der Waals surface area contributed by atoms with E-state index in [-0.39, 0.29) is 11.7 Å². The maximum Gasteiger partial charge on any atom is 0.183 e. The van der Waals surface area contributed by atoms with Gasteiger partial charge >= 0.3 is 0 Å². The van der Waals surface area contributed by atoms with Crippen molar-refractivity contribution in [1.29, 1.82) is 0 Å². The molecule has 0 fully saturated rings. The zero-order chi connectivity index (χ0) is 13.3. The van der Waals surface area contributed by atoms with Crippen LogP contribution in [0.4, 0.5) is 0 Å². The van der Waals surface area contributed by atoms with E-state index in [0.29, 0.717) is 11.7 Å². The first-order valence-electron chi connectivity index (χ1n) is 6.46. The predicted molar refractivity (Wildman–Crippen MR) is 73.1 cm³/mol. The average Bonchev–Trinajstić information content (AvgIpc) is 2.36. The third-order valence-electron chi connectivity index (χ3n) is 3.26. The van der Waals surface area contributed by atoms with Gasteiger partial charge in [0, 0.05) is 30.9 Å². The van der Waals surface area contributed by atoms with Crippen molar-refractivity contribution in [2.24, 2.45) is 5.92 Å². The summed E-state index contributed by atoms with van der Waals surface area (Å²) in [6.45, 7) is 9.01. The molecule has 0 saturated heterocycles. The lowest BCUT2D eigenvalue weighted by atomic mass is 10.0. The first-order chi connectivity index (χ1) is 8.49. The minimum atomic E-state index is -0.00437. The molecule has 0 spiro atoms. The lowest BCUT2D eigenvalue weighted by Gasteiger charge is -2.28. The summed E-state index contributed by atoms with van der Waals surface area (Å²) in [5, 5.41) is 0. The molecule has 1 aromatic heterocycles. The summed E-state index contributed by atoms with van der Waals surface area (Å²) < 4.78 is 0. The lowest BCUT2D eigenvalue weighted by molar-refractivity contribution is 0.0934. The van der Waals surface area contributed by atoms with Gasteiger partial charge in [0.15, 0.2) is 5.78 Å². The van der Waals surface area contributed by atoms with Crippen LogP contribution in [0.1, 0.15) is 49.3 Å². The van der Waals surface area contributed by atoms with Gasteiger partial charge in [-0.05, 0) is 37.1 Å². The molecule has 0 aromatic carbocycles. The molecule has 0 saturated carbocycles. The van der Waals surface area contributed by atoms with Gasteiger partial charge < -0.3 is 4.90 Å². The molecular weight excluding hydrogens is 224 g/mol. The number of hydrogen-bond donors (Lipinski definition) is 0. The van der Waals surface area contributed by atoms with Gasteiger partial charge in [-0.3, -0.25) is 9.78 Å². The van der Waals surface area contributed by atoms with E-state index in [1.165, 1.54) is 5.56 Å². The summed E-state index contributed by atoms with van der Waals surface area (Å²) in [5.41, 5.74) is 2.88. The van der Waals surface area contributed by atoms with Gasteiger partial charge in [-0.15, -0.1) is 0 Å². The van der Waals surface area contributed by atoms with Crippen molar-refractivity contribution in [1.82, 2.24) is 9.88 Å². The largest absolute Gasteiger partial charge is 0.371 e. The van der Waals surface area contributed by atoms with Gasteiger partial charge in [0.05, 0.1) is 0 Å². The van der Waals surface area contributed by atoms with Crippen LogP contribution in [0.3, 0.4) is 0 Å². The van der Waals surface area contributed by atoms with Crippen molar-refractivity contribution in [3.05, 3.63) is 35.3 Å². The first kappa shape index (κ1) is 12.8. The molecule has 0 N–H and O–H groups in total. The number of nitrogens with zero attached hydrogens (tertiary/aromatic N) is 2. The Morgan fingerprint density at radius 2 is 2.06 bits per heavy atom. The van der Waals surface area contributed by atoms with Crippen molar-refractivity contribution >= 4 is 11.9 Å². The van der Waals surface area contributed by atoms with Crippen LogP contribution < -0.4 is 0 Å². The fourth-order valence-corrected chi connectivity index (χ4v) is 2.00.